The Labute approximate surface area is 361 Å². The highest BCUT2D eigenvalue weighted by atomic mass is 32.2. The molecule has 3 aromatic rings. The number of carbonyl (C=O) groups excluding carboxylic acids is 3. The van der Waals surface area contributed by atoms with E-state index in [1.165, 1.54) is 26.2 Å². The Morgan fingerprint density at radius 3 is 1.75 bits per heavy atom. The molecule has 0 saturated carbocycles. The minimum absolute atomic E-state index is 0.0338. The van der Waals surface area contributed by atoms with Crippen molar-refractivity contribution >= 4 is 49.9 Å². The molecule has 2 aromatic carbocycles. The largest absolute Gasteiger partial charge is 0.465 e. The van der Waals surface area contributed by atoms with E-state index in [1.807, 2.05) is 53.7 Å². The van der Waals surface area contributed by atoms with E-state index in [4.69, 9.17) is 14.2 Å². The van der Waals surface area contributed by atoms with Crippen molar-refractivity contribution in [1.82, 2.24) is 23.4 Å². The van der Waals surface area contributed by atoms with E-state index in [2.05, 4.69) is 9.71 Å². The van der Waals surface area contributed by atoms with Crippen molar-refractivity contribution in [3.63, 3.8) is 0 Å². The second-order valence-corrected chi connectivity index (χ2v) is 20.6. The molecule has 0 radical (unpaired) electrons. The summed E-state index contributed by atoms with van der Waals surface area (Å²) in [6, 6.07) is 16.9. The van der Waals surface area contributed by atoms with Crippen LogP contribution in [0.5, 0.6) is 0 Å². The second kappa shape index (κ2) is 19.8. The first-order valence-corrected chi connectivity index (χ1v) is 22.8. The van der Waals surface area contributed by atoms with Crippen molar-refractivity contribution in [2.75, 3.05) is 55.4 Å². The van der Waals surface area contributed by atoms with Crippen molar-refractivity contribution < 1.29 is 45.4 Å². The number of aromatic nitrogens is 1. The van der Waals surface area contributed by atoms with E-state index < -0.39 is 49.8 Å². The number of carbonyl (C=O) groups is 3. The van der Waals surface area contributed by atoms with Crippen LogP contribution in [0.3, 0.4) is 0 Å². The molecule has 2 atom stereocenters. The molecule has 0 unspecified atom stereocenters. The summed E-state index contributed by atoms with van der Waals surface area (Å²) in [5, 5.41) is 0. The molecule has 2 aliphatic rings. The predicted molar refractivity (Wildman–Crippen MR) is 234 cm³/mol. The number of anilines is 2. The molecule has 2 saturated heterocycles. The Morgan fingerprint density at radius 2 is 1.28 bits per heavy atom. The summed E-state index contributed by atoms with van der Waals surface area (Å²) in [4.78, 5) is 44.0. The summed E-state index contributed by atoms with van der Waals surface area (Å²) in [6.45, 7) is 19.4. The van der Waals surface area contributed by atoms with Gasteiger partial charge in [-0.2, -0.15) is 25.4 Å². The molecule has 2 aliphatic heterocycles. The number of nitrogens with one attached hydrogen (secondary N) is 1. The monoisotopic (exact) mass is 887 g/mol. The fourth-order valence-corrected chi connectivity index (χ4v) is 9.47. The molecule has 1 aromatic heterocycles. The third-order valence-electron chi connectivity index (χ3n) is 9.49. The molecule has 61 heavy (non-hydrogen) atoms. The lowest BCUT2D eigenvalue weighted by Gasteiger charge is -2.41. The highest BCUT2D eigenvalue weighted by molar-refractivity contribution is 7.90. The molecule has 0 bridgehead atoms. The van der Waals surface area contributed by atoms with Gasteiger partial charge in [-0.3, -0.25) is 14.0 Å². The summed E-state index contributed by atoms with van der Waals surface area (Å²) < 4.78 is 75.2. The van der Waals surface area contributed by atoms with E-state index in [-0.39, 0.29) is 56.9 Å². The van der Waals surface area contributed by atoms with Crippen LogP contribution < -0.4 is 9.03 Å². The number of ether oxygens (including phenoxy) is 3. The van der Waals surface area contributed by atoms with E-state index in [9.17, 15) is 31.2 Å². The summed E-state index contributed by atoms with van der Waals surface area (Å²) in [5.41, 5.74) is 2.43. The van der Waals surface area contributed by atoms with Crippen molar-refractivity contribution in [2.24, 2.45) is 0 Å². The fraction of sp³-hybridized carbons (Fsp3) is 0.524. The quantitative estimate of drug-likeness (QED) is 0.197. The van der Waals surface area contributed by atoms with Gasteiger partial charge >= 0.3 is 38.6 Å². The van der Waals surface area contributed by atoms with Crippen molar-refractivity contribution in [1.29, 1.82) is 0 Å². The van der Waals surface area contributed by atoms with Crippen molar-refractivity contribution in [2.45, 2.75) is 99.1 Å². The Hall–Kier alpha value is -4.98. The van der Waals surface area contributed by atoms with E-state index in [0.717, 1.165) is 11.1 Å². The van der Waals surface area contributed by atoms with Gasteiger partial charge in [0.1, 0.15) is 11.2 Å². The molecule has 0 aliphatic carbocycles. The summed E-state index contributed by atoms with van der Waals surface area (Å²) in [5.74, 6) is -0.519. The van der Waals surface area contributed by atoms with E-state index in [0.29, 0.717) is 23.6 Å². The molecule has 2 fully saturated rings. The highest BCUT2D eigenvalue weighted by Gasteiger charge is 2.39. The van der Waals surface area contributed by atoms with Gasteiger partial charge in [0.05, 0.1) is 36.3 Å². The molecule has 1 N–H and O–H groups in total. The normalized spacial score (nSPS) is 18.0. The smallest absolute Gasteiger partial charge is 0.410 e. The van der Waals surface area contributed by atoms with E-state index >= 15 is 0 Å². The number of amides is 2. The predicted octanol–water partition coefficient (Wildman–Crippen LogP) is 5.96. The second-order valence-electron chi connectivity index (χ2n) is 17.1. The summed E-state index contributed by atoms with van der Waals surface area (Å²) in [7, 11) is -6.37. The third kappa shape index (κ3) is 13.8. The molecule has 336 valence electrons. The van der Waals surface area contributed by atoms with Crippen LogP contribution in [0.15, 0.2) is 66.9 Å². The molecular weight excluding hydrogens is 827 g/mol. The lowest BCUT2D eigenvalue weighted by atomic mass is 10.2. The van der Waals surface area contributed by atoms with Crippen molar-refractivity contribution in [3.8, 4) is 0 Å². The Balaban J connectivity index is 0.000000287. The standard InChI is InChI=1S/C25H34N4O6S.C17H27N3O4S/c1-18-8-7-9-22(14-18)29(17-21-11-10-20(15-26-21)23(30)34-6)36(32,33)27-12-13-28(19(2)16-27)24(31)35-25(3,4)5;1-13-7-6-8-15(11-13)18-25(22,23)19-9-10-20(14(2)12-19)16(21)24-17(3,4)5/h7-11,14-15,19H,12-13,16-17H2,1-6H3;6-8,11,14,18H,9-10,12H2,1-5H3/t19-;14-/m00/s1. The molecule has 2 amide bonds. The van der Waals surface area contributed by atoms with E-state index in [1.54, 1.807) is 86.0 Å². The number of benzene rings is 2. The Bertz CT molecular complexity index is 2230. The summed E-state index contributed by atoms with van der Waals surface area (Å²) in [6.07, 6.45) is 0.491. The average molecular weight is 888 g/mol. The van der Waals surface area contributed by atoms with Gasteiger partial charge in [0, 0.05) is 57.5 Å². The number of nitrogens with zero attached hydrogens (tertiary/aromatic N) is 6. The maximum Gasteiger partial charge on any atom is 0.410 e. The topological polar surface area (TPSA) is 188 Å². The molecule has 19 heteroatoms. The number of methoxy groups -OCH3 is 1. The first kappa shape index (κ1) is 48.7. The van der Waals surface area contributed by atoms with Crippen LogP contribution in [0, 0.1) is 13.8 Å². The summed E-state index contributed by atoms with van der Waals surface area (Å²) >= 11 is 0. The number of rotatable bonds is 9. The lowest BCUT2D eigenvalue weighted by Crippen LogP contribution is -2.58. The molecule has 0 spiro atoms. The first-order valence-electron chi connectivity index (χ1n) is 20.0. The minimum atomic E-state index is -3.98. The number of piperazine rings is 2. The van der Waals surface area contributed by atoms with Crippen LogP contribution in [0.25, 0.3) is 0 Å². The lowest BCUT2D eigenvalue weighted by molar-refractivity contribution is 0.00768. The zero-order valence-corrected chi connectivity index (χ0v) is 38.7. The molecule has 3 heterocycles. The molecular formula is C42H61N7O10S2. The van der Waals surface area contributed by atoms with Gasteiger partial charge in [0.2, 0.25) is 0 Å². The van der Waals surface area contributed by atoms with Crippen LogP contribution >= 0.6 is 0 Å². The zero-order valence-electron chi connectivity index (χ0n) is 37.0. The van der Waals surface area contributed by atoms with Gasteiger partial charge in [-0.05, 0) is 117 Å². The first-order chi connectivity index (χ1) is 28.3. The van der Waals surface area contributed by atoms with Crippen molar-refractivity contribution in [3.05, 3.63) is 89.2 Å². The maximum absolute atomic E-state index is 13.9. The van der Waals surface area contributed by atoms with Crippen LogP contribution in [0.1, 0.15) is 82.6 Å². The number of hydrogen-bond donors (Lipinski definition) is 1. The zero-order chi connectivity index (χ0) is 45.5. The number of pyridine rings is 1. The number of esters is 1. The van der Waals surface area contributed by atoms with Crippen LogP contribution in [0.2, 0.25) is 0 Å². The van der Waals surface area contributed by atoms with Gasteiger partial charge in [0.15, 0.2) is 0 Å². The number of hydrogen-bond acceptors (Lipinski definition) is 11. The number of aryl methyl sites for hydroxylation is 2. The van der Waals surface area contributed by atoms with Gasteiger partial charge in [-0.25, -0.2) is 14.4 Å². The Kier molecular flexibility index (Phi) is 15.8. The molecule has 5 rings (SSSR count). The van der Waals surface area contributed by atoms with Crippen LogP contribution in [-0.4, -0.2) is 128 Å². The maximum atomic E-state index is 13.9. The van der Waals surface area contributed by atoms with Crippen LogP contribution in [-0.2, 0) is 41.2 Å². The van der Waals surface area contributed by atoms with Gasteiger partial charge in [-0.15, -0.1) is 0 Å². The fourth-order valence-electron chi connectivity index (χ4n) is 6.51. The van der Waals surface area contributed by atoms with Gasteiger partial charge < -0.3 is 24.0 Å². The highest BCUT2D eigenvalue weighted by Crippen LogP contribution is 2.27. The minimum Gasteiger partial charge on any atom is -0.465 e. The molecule has 17 nitrogen and oxygen atoms in total. The Morgan fingerprint density at radius 1 is 0.754 bits per heavy atom. The van der Waals surface area contributed by atoms with Gasteiger partial charge in [-0.1, -0.05) is 24.3 Å². The average Bonchev–Trinajstić information content (AvgIpc) is 3.15. The van der Waals surface area contributed by atoms with Gasteiger partial charge in [0.25, 0.3) is 0 Å². The SMILES string of the molecule is COC(=O)c1ccc(CN(c2cccc(C)c2)S(=O)(=O)N2CCN(C(=O)OC(C)(C)C)[C@@H](C)C2)nc1.Cc1cccc(NS(=O)(=O)N2CCN(C(=O)OC(C)(C)C)[C@@H](C)C2)c1. The van der Waals surface area contributed by atoms with Crippen LogP contribution in [0.4, 0.5) is 21.0 Å². The third-order valence-corrected chi connectivity index (χ3v) is 12.9.